The van der Waals surface area contributed by atoms with Crippen molar-refractivity contribution in [2.45, 2.75) is 99.8 Å². The molecule has 0 saturated heterocycles. The molecule has 0 saturated carbocycles. The predicted molar refractivity (Wildman–Crippen MR) is 209 cm³/mol. The number of rotatable bonds is 4. The Kier molecular flexibility index (Phi) is 16.1. The minimum Gasteiger partial charge on any atom is -1.00 e. The topological polar surface area (TPSA) is 0 Å². The Bertz CT molecular complexity index is 1770. The van der Waals surface area contributed by atoms with Crippen LogP contribution in [0.25, 0.3) is 21.5 Å². The molecule has 0 N–H and O–H groups in total. The molecule has 5 aromatic carbocycles. The zero-order chi connectivity index (χ0) is 35.3. The molecular formula is C47H56Cl2Zr-2. The molecular weight excluding hydrogens is 727 g/mol. The van der Waals surface area contributed by atoms with Gasteiger partial charge in [-0.1, -0.05) is 95.2 Å². The van der Waals surface area contributed by atoms with Crippen molar-refractivity contribution in [1.29, 1.82) is 0 Å². The first-order chi connectivity index (χ1) is 22.5. The second-order valence-electron chi connectivity index (χ2n) is 16.2. The molecule has 1 atom stereocenters. The summed E-state index contributed by atoms with van der Waals surface area (Å²) in [6, 6.07) is 37.4. The van der Waals surface area contributed by atoms with Gasteiger partial charge in [-0.3, -0.25) is 6.08 Å². The fourth-order valence-electron chi connectivity index (χ4n) is 6.20. The van der Waals surface area contributed by atoms with Gasteiger partial charge in [0.1, 0.15) is 0 Å². The van der Waals surface area contributed by atoms with E-state index in [9.17, 15) is 0 Å². The van der Waals surface area contributed by atoms with Gasteiger partial charge in [0, 0.05) is 0 Å². The molecule has 50 heavy (non-hydrogen) atoms. The Morgan fingerprint density at radius 2 is 1.00 bits per heavy atom. The van der Waals surface area contributed by atoms with Crippen LogP contribution in [0.5, 0.6) is 0 Å². The number of allylic oxidation sites excluding steroid dienone is 4. The van der Waals surface area contributed by atoms with Gasteiger partial charge in [0.2, 0.25) is 0 Å². The van der Waals surface area contributed by atoms with E-state index in [0.717, 1.165) is 6.42 Å². The zero-order valence-electron chi connectivity index (χ0n) is 32.1. The summed E-state index contributed by atoms with van der Waals surface area (Å²) in [7, 11) is 0. The monoisotopic (exact) mass is 780 g/mol. The van der Waals surface area contributed by atoms with Crippen LogP contribution in [0, 0.1) is 17.4 Å². The normalized spacial score (nSPS) is 14.3. The number of fused-ring (bicyclic) bond motifs is 3. The first-order valence-corrected chi connectivity index (χ1v) is 18.9. The maximum absolute atomic E-state index is 3.57. The van der Waals surface area contributed by atoms with Gasteiger partial charge >= 0.3 is 151 Å². The maximum Gasteiger partial charge on any atom is -0.0640 e. The summed E-state index contributed by atoms with van der Waals surface area (Å²) >= 11 is 1.46. The van der Waals surface area contributed by atoms with Crippen molar-refractivity contribution in [2.75, 3.05) is 0 Å². The van der Waals surface area contributed by atoms with E-state index in [1.807, 2.05) is 0 Å². The second kappa shape index (κ2) is 18.4. The van der Waals surface area contributed by atoms with E-state index in [2.05, 4.69) is 191 Å². The molecule has 6 rings (SSSR count). The van der Waals surface area contributed by atoms with Gasteiger partial charge in [0.05, 0.1) is 0 Å². The van der Waals surface area contributed by atoms with Crippen molar-refractivity contribution >= 4 is 24.8 Å². The number of hydrogen-bond acceptors (Lipinski definition) is 0. The molecule has 5 aromatic rings. The van der Waals surface area contributed by atoms with Crippen LogP contribution in [0.15, 0.2) is 120 Å². The summed E-state index contributed by atoms with van der Waals surface area (Å²) in [6.07, 6.45) is 8.28. The molecule has 0 nitrogen and oxygen atoms in total. The molecule has 3 heteroatoms. The van der Waals surface area contributed by atoms with Crippen LogP contribution in [0.3, 0.4) is 0 Å². The number of hydrogen-bond donors (Lipinski definition) is 0. The zero-order valence-corrected chi connectivity index (χ0v) is 36.1. The van der Waals surface area contributed by atoms with E-state index in [4.69, 9.17) is 0 Å². The van der Waals surface area contributed by atoms with Crippen LogP contribution in [0.1, 0.15) is 111 Å². The maximum atomic E-state index is 3.57. The summed E-state index contributed by atoms with van der Waals surface area (Å²) in [5, 5.41) is 5.39. The van der Waals surface area contributed by atoms with E-state index in [-0.39, 0.29) is 35.6 Å². The van der Waals surface area contributed by atoms with Gasteiger partial charge in [-0.05, 0) is 0 Å². The largest absolute Gasteiger partial charge is 1.00 e. The third-order valence-corrected chi connectivity index (χ3v) is 10.7. The Morgan fingerprint density at radius 1 is 0.600 bits per heavy atom. The van der Waals surface area contributed by atoms with E-state index in [0.29, 0.717) is 11.3 Å². The molecule has 1 unspecified atom stereocenters. The van der Waals surface area contributed by atoms with Crippen LogP contribution in [0.2, 0.25) is 0 Å². The van der Waals surface area contributed by atoms with Gasteiger partial charge in [-0.2, -0.15) is 11.6 Å². The van der Waals surface area contributed by atoms with Crippen LogP contribution >= 0.6 is 0 Å². The van der Waals surface area contributed by atoms with Crippen LogP contribution in [0.4, 0.5) is 0 Å². The molecule has 1 aliphatic carbocycles. The van der Waals surface area contributed by atoms with Crippen LogP contribution < -0.4 is 24.8 Å². The van der Waals surface area contributed by atoms with Crippen LogP contribution in [-0.4, -0.2) is 3.21 Å². The summed E-state index contributed by atoms with van der Waals surface area (Å²) in [5.74, 6) is 0.573. The SMILES string of the molecule is CC(C)(C)c1ccc([C](=[Zr+2])c2ccc(C(C)(C)C)cc2)cc1.CCC1=[C-]C(CC)C=C1C(C)(C)C.[Cl-].[Cl-].c1ccc2c(c1)[cH-]c1ccccc12. The van der Waals surface area contributed by atoms with Crippen LogP contribution in [-0.2, 0) is 35.1 Å². The molecule has 0 radical (unpaired) electrons. The molecule has 0 amide bonds. The number of benzene rings is 4. The van der Waals surface area contributed by atoms with E-state index in [1.54, 1.807) is 0 Å². The van der Waals surface area contributed by atoms with Crippen molar-refractivity contribution in [3.05, 3.63) is 149 Å². The molecule has 0 heterocycles. The molecule has 0 aromatic heterocycles. The molecule has 0 spiro atoms. The minimum absolute atomic E-state index is 0. The van der Waals surface area contributed by atoms with Crippen molar-refractivity contribution in [2.24, 2.45) is 11.3 Å². The molecule has 0 aliphatic heterocycles. The fraction of sp³-hybridized carbons (Fsp3) is 0.362. The quantitative estimate of drug-likeness (QED) is 0.169. The summed E-state index contributed by atoms with van der Waals surface area (Å²) in [6.45, 7) is 24.9. The van der Waals surface area contributed by atoms with E-state index >= 15 is 0 Å². The van der Waals surface area contributed by atoms with Gasteiger partial charge in [-0.15, -0.1) is 39.7 Å². The fourth-order valence-corrected chi connectivity index (χ4v) is 7.02. The molecule has 0 fully saturated rings. The molecule has 264 valence electrons. The average molecular weight is 783 g/mol. The van der Waals surface area contributed by atoms with Crippen molar-refractivity contribution in [3.8, 4) is 0 Å². The standard InChI is InChI=1S/C21H26.C13H9.C13H21.2ClH.Zr/c1-20(2,3)18-11-7-16(8-12-18)15-17-9-13-19(14-10-17)21(4,5)6;1-3-7-12-10(5-1)9-11-6-2-4-8-13(11)12;1-6-10-8-11(7-2)12(9-10)13(3,4)5;;;/h7-14H,1-6H3;1-9H;9-10H,6-7H2,1-5H3;2*1H;/q;2*-1;;;+2/p-2. The Balaban J connectivity index is 0.000000268. The average Bonchev–Trinajstić information content (AvgIpc) is 3.66. The smallest absolute Gasteiger partial charge is 0.0640 e. The molecule has 0 bridgehead atoms. The third kappa shape index (κ3) is 11.3. The summed E-state index contributed by atoms with van der Waals surface area (Å²) in [5.41, 5.74) is 9.15. The van der Waals surface area contributed by atoms with Gasteiger partial charge in [-0.25, -0.2) is 5.57 Å². The minimum atomic E-state index is 0. The third-order valence-electron chi connectivity index (χ3n) is 9.26. The molecule has 1 aliphatic rings. The Hall–Kier alpha value is -2.44. The number of halogens is 2. The van der Waals surface area contributed by atoms with Crippen molar-refractivity contribution in [1.82, 2.24) is 0 Å². The van der Waals surface area contributed by atoms with Gasteiger partial charge in [0.25, 0.3) is 0 Å². The van der Waals surface area contributed by atoms with Gasteiger partial charge < -0.3 is 24.8 Å². The van der Waals surface area contributed by atoms with E-state index in [1.165, 1.54) is 88.8 Å². The summed E-state index contributed by atoms with van der Waals surface area (Å²) < 4.78 is 1.42. The summed E-state index contributed by atoms with van der Waals surface area (Å²) in [4.78, 5) is 0. The first-order valence-electron chi connectivity index (χ1n) is 17.7. The van der Waals surface area contributed by atoms with Crippen molar-refractivity contribution < 1.29 is 49.0 Å². The first kappa shape index (κ1) is 43.7. The van der Waals surface area contributed by atoms with E-state index < -0.39 is 0 Å². The second-order valence-corrected chi connectivity index (χ2v) is 17.4. The Morgan fingerprint density at radius 3 is 1.32 bits per heavy atom. The Labute approximate surface area is 331 Å². The van der Waals surface area contributed by atoms with Gasteiger partial charge in [0.15, 0.2) is 0 Å². The van der Waals surface area contributed by atoms with Crippen molar-refractivity contribution in [3.63, 3.8) is 0 Å². The predicted octanol–water partition coefficient (Wildman–Crippen LogP) is 7.26.